The Morgan fingerprint density at radius 2 is 1.74 bits per heavy atom. The normalized spacial score (nSPS) is 12.5. The fraction of sp³-hybridized carbons (Fsp3) is 0.111. The van der Waals surface area contributed by atoms with Crippen molar-refractivity contribution < 1.29 is 14.3 Å². The highest BCUT2D eigenvalue weighted by molar-refractivity contribution is 6.21. The zero-order chi connectivity index (χ0) is 24.5. The number of primary amides is 1. The van der Waals surface area contributed by atoms with E-state index in [-0.39, 0.29) is 5.88 Å². The first-order valence-electron chi connectivity index (χ1n) is 10.7. The van der Waals surface area contributed by atoms with Crippen LogP contribution < -0.4 is 11.5 Å². The number of aromatic amines is 1. The molecule has 6 nitrogen and oxygen atoms in total. The molecule has 7 heteroatoms. The molecule has 6 N–H and O–H groups in total. The van der Waals surface area contributed by atoms with Crippen molar-refractivity contribution in [2.75, 3.05) is 0 Å². The molecule has 4 aromatic rings. The molecule has 0 spiro atoms. The van der Waals surface area contributed by atoms with Gasteiger partial charge in [0.2, 0.25) is 5.91 Å². The number of H-pyrrole nitrogens is 1. The zero-order valence-electron chi connectivity index (χ0n) is 18.8. The number of aromatic hydroxyl groups is 1. The van der Waals surface area contributed by atoms with E-state index in [1.807, 2.05) is 62.4 Å². The zero-order valence-corrected chi connectivity index (χ0v) is 18.8. The van der Waals surface area contributed by atoms with Crippen LogP contribution in [-0.4, -0.2) is 21.7 Å². The summed E-state index contributed by atoms with van der Waals surface area (Å²) in [4.78, 5) is 18.7. The van der Waals surface area contributed by atoms with Gasteiger partial charge >= 0.3 is 0 Å². The molecule has 0 aliphatic rings. The fourth-order valence-corrected chi connectivity index (χ4v) is 3.69. The van der Waals surface area contributed by atoms with Crippen LogP contribution in [0.2, 0.25) is 0 Å². The largest absolute Gasteiger partial charge is 0.494 e. The first kappa shape index (κ1) is 22.9. The van der Waals surface area contributed by atoms with Gasteiger partial charge in [-0.05, 0) is 61.4 Å². The molecular formula is C27H25FN4O2. The molecular weight excluding hydrogens is 431 g/mol. The molecule has 172 valence electrons. The number of benzene rings is 3. The van der Waals surface area contributed by atoms with Crippen molar-refractivity contribution in [1.82, 2.24) is 4.98 Å². The van der Waals surface area contributed by atoms with Crippen molar-refractivity contribution >= 4 is 34.3 Å². The lowest BCUT2D eigenvalue weighted by molar-refractivity contribution is -0.113. The lowest BCUT2D eigenvalue weighted by Crippen LogP contribution is -2.28. The number of aliphatic imine (C=N–C) groups is 1. The summed E-state index contributed by atoms with van der Waals surface area (Å²) >= 11 is 0. The summed E-state index contributed by atoms with van der Waals surface area (Å²) in [5.74, 6) is -1.06. The van der Waals surface area contributed by atoms with Gasteiger partial charge in [0.25, 0.3) is 0 Å². The second-order valence-corrected chi connectivity index (χ2v) is 8.63. The van der Waals surface area contributed by atoms with E-state index >= 15 is 0 Å². The summed E-state index contributed by atoms with van der Waals surface area (Å²) in [6.45, 7) is 3.85. The summed E-state index contributed by atoms with van der Waals surface area (Å²) in [6, 6.07) is 19.1. The molecule has 0 bridgehead atoms. The highest BCUT2D eigenvalue weighted by Crippen LogP contribution is 2.32. The number of aromatic nitrogens is 1. The van der Waals surface area contributed by atoms with Gasteiger partial charge < -0.3 is 21.6 Å². The fourth-order valence-electron chi connectivity index (χ4n) is 3.69. The number of halogens is 1. The molecule has 0 unspecified atom stereocenters. The highest BCUT2D eigenvalue weighted by Gasteiger charge is 2.19. The molecule has 0 aliphatic carbocycles. The number of nitrogens with one attached hydrogen (secondary N) is 1. The Hall–Kier alpha value is -4.23. The van der Waals surface area contributed by atoms with Gasteiger partial charge in [-0.25, -0.2) is 9.38 Å². The molecule has 34 heavy (non-hydrogen) atoms. The second kappa shape index (κ2) is 8.96. The standard InChI is InChI=1S/C27H25FN4O2/c1-27(2,30)18-8-11-20(12-9-18)31-25(17-6-3-16(4-7-17)5-14-23(29)33)24-21-13-10-19(28)15-22(21)32-26(24)34/h3-15,32,34H,30H2,1-2H3,(H2,29,33)/b14-5+,31-25?. The van der Waals surface area contributed by atoms with Gasteiger partial charge in [-0.1, -0.05) is 36.4 Å². The number of nitrogens with zero attached hydrogens (tertiary/aromatic N) is 1. The van der Waals surface area contributed by atoms with Gasteiger partial charge in [0, 0.05) is 22.6 Å². The van der Waals surface area contributed by atoms with E-state index in [1.165, 1.54) is 18.2 Å². The third-order valence-electron chi connectivity index (χ3n) is 5.45. The summed E-state index contributed by atoms with van der Waals surface area (Å²) in [5, 5.41) is 11.4. The lowest BCUT2D eigenvalue weighted by Gasteiger charge is -2.19. The summed E-state index contributed by atoms with van der Waals surface area (Å²) < 4.78 is 13.8. The number of hydrogen-bond acceptors (Lipinski definition) is 4. The van der Waals surface area contributed by atoms with Gasteiger partial charge in [0.15, 0.2) is 5.88 Å². The third kappa shape index (κ3) is 4.89. The van der Waals surface area contributed by atoms with Gasteiger partial charge in [-0.15, -0.1) is 0 Å². The Bertz CT molecular complexity index is 1410. The minimum atomic E-state index is -0.536. The average Bonchev–Trinajstić information content (AvgIpc) is 3.10. The minimum absolute atomic E-state index is 0.114. The van der Waals surface area contributed by atoms with Crippen molar-refractivity contribution in [3.63, 3.8) is 0 Å². The molecule has 1 amide bonds. The Labute approximate surface area is 196 Å². The molecule has 4 rings (SSSR count). The van der Waals surface area contributed by atoms with E-state index in [1.54, 1.807) is 12.1 Å². The topological polar surface area (TPSA) is 117 Å². The number of fused-ring (bicyclic) bond motifs is 1. The van der Waals surface area contributed by atoms with Crippen molar-refractivity contribution in [2.24, 2.45) is 16.5 Å². The number of rotatable bonds is 6. The average molecular weight is 457 g/mol. The smallest absolute Gasteiger partial charge is 0.241 e. The van der Waals surface area contributed by atoms with Crippen molar-refractivity contribution in [3.8, 4) is 5.88 Å². The van der Waals surface area contributed by atoms with Crippen molar-refractivity contribution in [1.29, 1.82) is 0 Å². The molecule has 1 heterocycles. The summed E-state index contributed by atoms with van der Waals surface area (Å²) in [7, 11) is 0. The van der Waals surface area contributed by atoms with Crippen LogP contribution in [0.15, 0.2) is 77.8 Å². The van der Waals surface area contributed by atoms with Crippen molar-refractivity contribution in [3.05, 3.63) is 101 Å². The number of carbonyl (C=O) groups excluding carboxylic acids is 1. The SMILES string of the molecule is CC(C)(N)c1ccc(N=C(c2ccc(/C=C/C(N)=O)cc2)c2c(O)[nH]c3cc(F)ccc23)cc1. The number of amides is 1. The van der Waals surface area contributed by atoms with Crippen LogP contribution >= 0.6 is 0 Å². The Morgan fingerprint density at radius 3 is 2.35 bits per heavy atom. The first-order chi connectivity index (χ1) is 16.1. The van der Waals surface area contributed by atoms with Crippen LogP contribution in [0.3, 0.4) is 0 Å². The maximum atomic E-state index is 13.8. The Kier molecular flexibility index (Phi) is 6.04. The minimum Gasteiger partial charge on any atom is -0.494 e. The number of hydrogen-bond donors (Lipinski definition) is 4. The molecule has 0 fully saturated rings. The molecule has 0 aliphatic heterocycles. The van der Waals surface area contributed by atoms with Crippen LogP contribution in [0.25, 0.3) is 17.0 Å². The van der Waals surface area contributed by atoms with Crippen LogP contribution in [0, 0.1) is 5.82 Å². The first-order valence-corrected chi connectivity index (χ1v) is 10.7. The van der Waals surface area contributed by atoms with E-state index in [9.17, 15) is 14.3 Å². The van der Waals surface area contributed by atoms with E-state index in [2.05, 4.69) is 4.98 Å². The molecule has 3 aromatic carbocycles. The van der Waals surface area contributed by atoms with Crippen LogP contribution in [0.1, 0.15) is 36.1 Å². The number of carbonyl (C=O) groups is 1. The molecule has 0 atom stereocenters. The van der Waals surface area contributed by atoms with Gasteiger partial charge in [-0.3, -0.25) is 4.79 Å². The third-order valence-corrected chi connectivity index (χ3v) is 5.45. The monoisotopic (exact) mass is 456 g/mol. The maximum Gasteiger partial charge on any atom is 0.241 e. The molecule has 0 saturated carbocycles. The second-order valence-electron chi connectivity index (χ2n) is 8.63. The highest BCUT2D eigenvalue weighted by atomic mass is 19.1. The van der Waals surface area contributed by atoms with E-state index in [0.717, 1.165) is 16.7 Å². The predicted molar refractivity (Wildman–Crippen MR) is 134 cm³/mol. The Balaban J connectivity index is 1.86. The van der Waals surface area contributed by atoms with Crippen LogP contribution in [-0.2, 0) is 10.3 Å². The van der Waals surface area contributed by atoms with Gasteiger partial charge in [-0.2, -0.15) is 0 Å². The maximum absolute atomic E-state index is 13.8. The molecule has 1 aromatic heterocycles. The predicted octanol–water partition coefficient (Wildman–Crippen LogP) is 4.87. The molecule has 0 saturated heterocycles. The van der Waals surface area contributed by atoms with Gasteiger partial charge in [0.1, 0.15) is 5.82 Å². The quantitative estimate of drug-likeness (QED) is 0.245. The lowest BCUT2D eigenvalue weighted by atomic mass is 9.95. The van der Waals surface area contributed by atoms with Crippen molar-refractivity contribution in [2.45, 2.75) is 19.4 Å². The van der Waals surface area contributed by atoms with E-state index < -0.39 is 17.3 Å². The van der Waals surface area contributed by atoms with Crippen LogP contribution in [0.4, 0.5) is 10.1 Å². The molecule has 0 radical (unpaired) electrons. The van der Waals surface area contributed by atoms with Crippen LogP contribution in [0.5, 0.6) is 5.88 Å². The summed E-state index contributed by atoms with van der Waals surface area (Å²) in [5.41, 5.74) is 15.4. The van der Waals surface area contributed by atoms with Gasteiger partial charge in [0.05, 0.1) is 22.5 Å². The van der Waals surface area contributed by atoms with E-state index in [0.29, 0.717) is 27.9 Å². The summed E-state index contributed by atoms with van der Waals surface area (Å²) in [6.07, 6.45) is 2.90. The van der Waals surface area contributed by atoms with E-state index in [4.69, 9.17) is 16.5 Å². The number of nitrogens with two attached hydrogens (primary N) is 2. The Morgan fingerprint density at radius 1 is 1.06 bits per heavy atom.